The number of halogens is 2. The quantitative estimate of drug-likeness (QED) is 0.612. The number of hydrogen-bond acceptors (Lipinski definition) is 4. The number of nitrogens with one attached hydrogen (secondary N) is 1. The molecule has 0 fully saturated rings. The third kappa shape index (κ3) is 2.44. The van der Waals surface area contributed by atoms with Gasteiger partial charge < -0.3 is 5.32 Å². The molecule has 25 heavy (non-hydrogen) atoms. The molecular weight excluding hydrogens is 345 g/mol. The van der Waals surface area contributed by atoms with Gasteiger partial charge in [0, 0.05) is 7.05 Å². The lowest BCUT2D eigenvalue weighted by Crippen LogP contribution is -2.20. The second kappa shape index (κ2) is 5.86. The van der Waals surface area contributed by atoms with E-state index < -0.39 is 5.82 Å². The summed E-state index contributed by atoms with van der Waals surface area (Å²) in [7, 11) is 1.65. The first-order valence-corrected chi connectivity index (χ1v) is 7.95. The molecule has 126 valence electrons. The van der Waals surface area contributed by atoms with Crippen LogP contribution in [-0.2, 0) is 13.6 Å². The van der Waals surface area contributed by atoms with Crippen LogP contribution in [0.25, 0.3) is 16.7 Å². The van der Waals surface area contributed by atoms with Gasteiger partial charge in [0.25, 0.3) is 5.56 Å². The molecule has 2 heterocycles. The van der Waals surface area contributed by atoms with Crippen LogP contribution in [0, 0.1) is 5.82 Å². The van der Waals surface area contributed by atoms with Crippen LogP contribution < -0.4 is 10.9 Å². The molecule has 0 aliphatic carbocycles. The van der Waals surface area contributed by atoms with Crippen LogP contribution >= 0.6 is 11.6 Å². The lowest BCUT2D eigenvalue weighted by Gasteiger charge is -2.10. The van der Waals surface area contributed by atoms with E-state index in [-0.39, 0.29) is 22.8 Å². The maximum atomic E-state index is 14.0. The highest BCUT2D eigenvalue weighted by Crippen LogP contribution is 2.22. The molecule has 0 saturated carbocycles. The number of aromatic nitrogens is 4. The Kier molecular flexibility index (Phi) is 3.65. The summed E-state index contributed by atoms with van der Waals surface area (Å²) in [6, 6.07) is 12.0. The second-order valence-corrected chi connectivity index (χ2v) is 6.00. The van der Waals surface area contributed by atoms with Crippen molar-refractivity contribution in [1.82, 2.24) is 19.2 Å². The van der Waals surface area contributed by atoms with Gasteiger partial charge >= 0.3 is 0 Å². The third-order valence-electron chi connectivity index (χ3n) is 4.08. The van der Waals surface area contributed by atoms with Crippen molar-refractivity contribution in [1.29, 1.82) is 0 Å². The van der Waals surface area contributed by atoms with E-state index in [4.69, 9.17) is 11.6 Å². The van der Waals surface area contributed by atoms with Gasteiger partial charge in [0.05, 0.1) is 28.2 Å². The molecule has 6 nitrogen and oxygen atoms in total. The summed E-state index contributed by atoms with van der Waals surface area (Å²) in [5, 5.41) is 11.8. The lowest BCUT2D eigenvalue weighted by atomic mass is 10.2. The fourth-order valence-corrected chi connectivity index (χ4v) is 3.00. The van der Waals surface area contributed by atoms with Crippen molar-refractivity contribution in [2.24, 2.45) is 7.05 Å². The third-order valence-corrected chi connectivity index (χ3v) is 4.37. The van der Waals surface area contributed by atoms with Gasteiger partial charge in [0.1, 0.15) is 0 Å². The molecule has 1 N–H and O–H groups in total. The van der Waals surface area contributed by atoms with Crippen LogP contribution in [0.2, 0.25) is 5.02 Å². The summed E-state index contributed by atoms with van der Waals surface area (Å²) >= 11 is 5.80. The smallest absolute Gasteiger partial charge is 0.262 e. The second-order valence-electron chi connectivity index (χ2n) is 5.59. The van der Waals surface area contributed by atoms with Gasteiger partial charge in [0.15, 0.2) is 11.6 Å². The van der Waals surface area contributed by atoms with Crippen molar-refractivity contribution in [3.05, 3.63) is 69.5 Å². The number of fused-ring (bicyclic) bond motifs is 3. The summed E-state index contributed by atoms with van der Waals surface area (Å²) < 4.78 is 17.3. The molecule has 0 saturated heterocycles. The maximum absolute atomic E-state index is 14.0. The van der Waals surface area contributed by atoms with E-state index in [2.05, 4.69) is 15.5 Å². The van der Waals surface area contributed by atoms with Gasteiger partial charge in [-0.15, -0.1) is 10.2 Å². The zero-order chi connectivity index (χ0) is 17.6. The van der Waals surface area contributed by atoms with Gasteiger partial charge in [-0.2, -0.15) is 0 Å². The van der Waals surface area contributed by atoms with Gasteiger partial charge in [0.2, 0.25) is 5.78 Å². The molecule has 0 amide bonds. The first-order chi connectivity index (χ1) is 12.1. The average molecular weight is 358 g/mol. The van der Waals surface area contributed by atoms with Gasteiger partial charge in [-0.3, -0.25) is 13.8 Å². The molecule has 2 aromatic heterocycles. The lowest BCUT2D eigenvalue weighted by molar-refractivity contribution is 0.630. The Morgan fingerprint density at radius 1 is 1.16 bits per heavy atom. The van der Waals surface area contributed by atoms with E-state index in [9.17, 15) is 9.18 Å². The molecule has 0 spiro atoms. The van der Waals surface area contributed by atoms with Crippen LogP contribution in [0.5, 0.6) is 0 Å². The summed E-state index contributed by atoms with van der Waals surface area (Å²) in [6.45, 7) is 0.223. The number of aryl methyl sites for hydroxylation is 1. The predicted molar refractivity (Wildman–Crippen MR) is 94.5 cm³/mol. The Morgan fingerprint density at radius 2 is 1.96 bits per heavy atom. The van der Waals surface area contributed by atoms with Gasteiger partial charge in [-0.1, -0.05) is 29.8 Å². The Balaban J connectivity index is 1.83. The minimum atomic E-state index is -0.518. The highest BCUT2D eigenvalue weighted by atomic mass is 35.5. The predicted octanol–water partition coefficient (Wildman–Crippen LogP) is 2.99. The monoisotopic (exact) mass is 357 g/mol. The Hall–Kier alpha value is -2.93. The van der Waals surface area contributed by atoms with E-state index in [0.29, 0.717) is 22.5 Å². The summed E-state index contributed by atoms with van der Waals surface area (Å²) in [5.41, 5.74) is 0.836. The standard InChI is InChI=1S/C17H13ClFN5O/c1-23-16(25)10-5-2-3-8-13(10)24-14(21-22-17(23)24)9-20-12-7-4-6-11(18)15(12)19/h2-8,20H,9H2,1H3. The Morgan fingerprint density at radius 3 is 2.80 bits per heavy atom. The van der Waals surface area contributed by atoms with Crippen molar-refractivity contribution >= 4 is 34.0 Å². The van der Waals surface area contributed by atoms with Crippen molar-refractivity contribution in [3.63, 3.8) is 0 Å². The van der Waals surface area contributed by atoms with Crippen LogP contribution in [-0.4, -0.2) is 19.2 Å². The first kappa shape index (κ1) is 15.6. The molecule has 4 aromatic rings. The number of para-hydroxylation sites is 1. The highest BCUT2D eigenvalue weighted by Gasteiger charge is 2.15. The molecule has 0 unspecified atom stereocenters. The molecule has 8 heteroatoms. The number of benzene rings is 2. The Labute approximate surface area is 146 Å². The fourth-order valence-electron chi connectivity index (χ4n) is 2.82. The summed E-state index contributed by atoms with van der Waals surface area (Å²) in [5.74, 6) is 0.462. The Bertz CT molecular complexity index is 1170. The topological polar surface area (TPSA) is 64.2 Å². The fraction of sp³-hybridized carbons (Fsp3) is 0.118. The summed E-state index contributed by atoms with van der Waals surface area (Å²) in [4.78, 5) is 12.4. The van der Waals surface area contributed by atoms with Crippen LogP contribution in [0.1, 0.15) is 5.82 Å². The molecule has 4 rings (SSSR count). The zero-order valence-electron chi connectivity index (χ0n) is 13.2. The summed E-state index contributed by atoms with van der Waals surface area (Å²) in [6.07, 6.45) is 0. The minimum absolute atomic E-state index is 0.0453. The number of rotatable bonds is 3. The van der Waals surface area contributed by atoms with E-state index in [1.165, 1.54) is 10.6 Å². The van der Waals surface area contributed by atoms with Gasteiger partial charge in [-0.05, 0) is 24.3 Å². The molecule has 2 aromatic carbocycles. The molecule has 0 bridgehead atoms. The molecule has 0 atom stereocenters. The largest absolute Gasteiger partial charge is 0.375 e. The zero-order valence-corrected chi connectivity index (χ0v) is 14.0. The van der Waals surface area contributed by atoms with Crippen molar-refractivity contribution < 1.29 is 4.39 Å². The number of nitrogens with zero attached hydrogens (tertiary/aromatic N) is 4. The molecule has 0 aliphatic rings. The number of hydrogen-bond donors (Lipinski definition) is 1. The van der Waals surface area contributed by atoms with E-state index in [1.54, 1.807) is 35.7 Å². The van der Waals surface area contributed by atoms with Crippen LogP contribution in [0.4, 0.5) is 10.1 Å². The number of anilines is 1. The van der Waals surface area contributed by atoms with E-state index >= 15 is 0 Å². The van der Waals surface area contributed by atoms with Crippen LogP contribution in [0.3, 0.4) is 0 Å². The van der Waals surface area contributed by atoms with E-state index in [1.807, 2.05) is 12.1 Å². The van der Waals surface area contributed by atoms with Crippen LogP contribution in [0.15, 0.2) is 47.3 Å². The van der Waals surface area contributed by atoms with E-state index in [0.717, 1.165) is 0 Å². The molecule has 0 aliphatic heterocycles. The van der Waals surface area contributed by atoms with Crippen molar-refractivity contribution in [3.8, 4) is 0 Å². The first-order valence-electron chi connectivity index (χ1n) is 7.57. The normalized spacial score (nSPS) is 11.3. The van der Waals surface area contributed by atoms with Crippen molar-refractivity contribution in [2.75, 3.05) is 5.32 Å². The molecule has 0 radical (unpaired) electrons. The SMILES string of the molecule is Cn1c(=O)c2ccccc2n2c(CNc3cccc(Cl)c3F)nnc12. The average Bonchev–Trinajstić information content (AvgIpc) is 3.05. The van der Waals surface area contributed by atoms with Gasteiger partial charge in [-0.25, -0.2) is 4.39 Å². The maximum Gasteiger partial charge on any atom is 0.262 e. The molecular formula is C17H13ClFN5O. The van der Waals surface area contributed by atoms with Crippen molar-refractivity contribution in [2.45, 2.75) is 6.54 Å². The minimum Gasteiger partial charge on any atom is -0.375 e. The highest BCUT2D eigenvalue weighted by molar-refractivity contribution is 6.31.